The van der Waals surface area contributed by atoms with Gasteiger partial charge < -0.3 is 5.32 Å². The van der Waals surface area contributed by atoms with Crippen molar-refractivity contribution in [2.45, 2.75) is 19.4 Å². The number of halogens is 1. The predicted octanol–water partition coefficient (Wildman–Crippen LogP) is 3.37. The van der Waals surface area contributed by atoms with Gasteiger partial charge >= 0.3 is 0 Å². The van der Waals surface area contributed by atoms with Crippen LogP contribution in [0.25, 0.3) is 0 Å². The highest BCUT2D eigenvalue weighted by atomic mass is 35.5. The van der Waals surface area contributed by atoms with E-state index in [4.69, 9.17) is 11.6 Å². The first kappa shape index (κ1) is 13.2. The summed E-state index contributed by atoms with van der Waals surface area (Å²) in [6.07, 6.45) is 1.68. The molecule has 0 aliphatic heterocycles. The first-order valence-corrected chi connectivity index (χ1v) is 7.20. The number of amides is 1. The maximum Gasteiger partial charge on any atom is 0.224 e. The van der Waals surface area contributed by atoms with E-state index in [0.717, 1.165) is 18.4 Å². The Labute approximate surface area is 123 Å². The van der Waals surface area contributed by atoms with Crippen LogP contribution in [0.3, 0.4) is 0 Å². The summed E-state index contributed by atoms with van der Waals surface area (Å²) in [5.41, 5.74) is 3.55. The van der Waals surface area contributed by atoms with Crippen LogP contribution in [0.15, 0.2) is 48.5 Å². The van der Waals surface area contributed by atoms with Gasteiger partial charge in [0.2, 0.25) is 5.91 Å². The molecule has 0 aromatic heterocycles. The lowest BCUT2D eigenvalue weighted by molar-refractivity contribution is -0.124. The van der Waals surface area contributed by atoms with Gasteiger partial charge in [-0.25, -0.2) is 0 Å². The molecule has 0 heterocycles. The van der Waals surface area contributed by atoms with Gasteiger partial charge in [-0.15, -0.1) is 0 Å². The number of fused-ring (bicyclic) bond motifs is 1. The fourth-order valence-corrected chi connectivity index (χ4v) is 2.92. The van der Waals surface area contributed by atoms with Gasteiger partial charge in [0.15, 0.2) is 0 Å². The number of nitrogens with one attached hydrogen (secondary N) is 1. The van der Waals surface area contributed by atoms with Gasteiger partial charge in [-0.05, 0) is 35.6 Å². The molecule has 1 aliphatic rings. The first-order chi connectivity index (χ1) is 9.74. The van der Waals surface area contributed by atoms with Crippen LogP contribution in [-0.2, 0) is 24.2 Å². The van der Waals surface area contributed by atoms with Crippen LogP contribution in [0.5, 0.6) is 0 Å². The van der Waals surface area contributed by atoms with Crippen molar-refractivity contribution in [3.05, 3.63) is 70.2 Å². The van der Waals surface area contributed by atoms with Crippen molar-refractivity contribution in [2.75, 3.05) is 0 Å². The third-order valence-corrected chi connectivity index (χ3v) is 4.20. The summed E-state index contributed by atoms with van der Waals surface area (Å²) in [6.45, 7) is 0.491. The highest BCUT2D eigenvalue weighted by Crippen LogP contribution is 2.26. The van der Waals surface area contributed by atoms with Crippen molar-refractivity contribution in [2.24, 2.45) is 5.92 Å². The fraction of sp³-hybridized carbons (Fsp3) is 0.235. The molecule has 2 nitrogen and oxygen atoms in total. The van der Waals surface area contributed by atoms with E-state index in [-0.39, 0.29) is 11.8 Å². The third kappa shape index (κ3) is 2.70. The van der Waals surface area contributed by atoms with Crippen LogP contribution >= 0.6 is 11.6 Å². The minimum Gasteiger partial charge on any atom is -0.352 e. The largest absolute Gasteiger partial charge is 0.352 e. The lowest BCUT2D eigenvalue weighted by atomic mass is 10.1. The topological polar surface area (TPSA) is 29.1 Å². The van der Waals surface area contributed by atoms with Crippen molar-refractivity contribution in [3.63, 3.8) is 0 Å². The van der Waals surface area contributed by atoms with E-state index in [0.29, 0.717) is 11.6 Å². The summed E-state index contributed by atoms with van der Waals surface area (Å²) in [4.78, 5) is 12.2. The Kier molecular flexibility index (Phi) is 3.75. The molecule has 1 aliphatic carbocycles. The van der Waals surface area contributed by atoms with Crippen LogP contribution < -0.4 is 5.32 Å². The Hall–Kier alpha value is -1.80. The molecule has 2 aromatic carbocycles. The van der Waals surface area contributed by atoms with Gasteiger partial charge in [-0.1, -0.05) is 54.1 Å². The molecule has 1 amide bonds. The van der Waals surface area contributed by atoms with E-state index < -0.39 is 0 Å². The molecule has 0 fully saturated rings. The van der Waals surface area contributed by atoms with Gasteiger partial charge in [0.25, 0.3) is 0 Å². The Morgan fingerprint density at radius 1 is 1.05 bits per heavy atom. The minimum absolute atomic E-state index is 0.0508. The van der Waals surface area contributed by atoms with Crippen LogP contribution in [0.2, 0.25) is 5.02 Å². The summed E-state index contributed by atoms with van der Waals surface area (Å²) in [7, 11) is 0. The molecule has 0 radical (unpaired) electrons. The van der Waals surface area contributed by atoms with Crippen molar-refractivity contribution < 1.29 is 4.79 Å². The van der Waals surface area contributed by atoms with Crippen LogP contribution in [0.4, 0.5) is 0 Å². The van der Waals surface area contributed by atoms with E-state index in [1.54, 1.807) is 0 Å². The Bertz CT molecular complexity index is 613. The maximum atomic E-state index is 12.2. The molecular formula is C17H16ClNO. The molecule has 0 unspecified atom stereocenters. The SMILES string of the molecule is O=C(NCc1ccccc1Cl)C1Cc2ccccc2C1. The molecule has 0 atom stereocenters. The average molecular weight is 286 g/mol. The summed E-state index contributed by atoms with van der Waals surface area (Å²) in [5, 5.41) is 3.69. The molecular weight excluding hydrogens is 270 g/mol. The number of rotatable bonds is 3. The first-order valence-electron chi connectivity index (χ1n) is 6.82. The number of carbonyl (C=O) groups is 1. The molecule has 3 rings (SSSR count). The zero-order chi connectivity index (χ0) is 13.9. The zero-order valence-corrected chi connectivity index (χ0v) is 11.9. The molecule has 0 bridgehead atoms. The van der Waals surface area contributed by atoms with E-state index >= 15 is 0 Å². The lowest BCUT2D eigenvalue weighted by Crippen LogP contribution is -2.30. The molecule has 102 valence electrons. The highest BCUT2D eigenvalue weighted by Gasteiger charge is 2.26. The van der Waals surface area contributed by atoms with Gasteiger partial charge in [-0.3, -0.25) is 4.79 Å². The van der Waals surface area contributed by atoms with E-state index in [2.05, 4.69) is 17.4 Å². The zero-order valence-electron chi connectivity index (χ0n) is 11.1. The second kappa shape index (κ2) is 5.68. The smallest absolute Gasteiger partial charge is 0.224 e. The second-order valence-electron chi connectivity index (χ2n) is 5.18. The standard InChI is InChI=1S/C17H16ClNO/c18-16-8-4-3-7-14(16)11-19-17(20)15-9-12-5-1-2-6-13(12)10-15/h1-8,15H,9-11H2,(H,19,20). The van der Waals surface area contributed by atoms with E-state index in [9.17, 15) is 4.79 Å². The second-order valence-corrected chi connectivity index (χ2v) is 5.59. The average Bonchev–Trinajstić information content (AvgIpc) is 2.90. The Balaban J connectivity index is 1.61. The molecule has 3 heteroatoms. The van der Waals surface area contributed by atoms with Crippen LogP contribution in [-0.4, -0.2) is 5.91 Å². The normalized spacial score (nSPS) is 14.1. The number of carbonyl (C=O) groups excluding carboxylic acids is 1. The third-order valence-electron chi connectivity index (χ3n) is 3.83. The minimum atomic E-state index is 0.0508. The summed E-state index contributed by atoms with van der Waals surface area (Å²) in [5.74, 6) is 0.163. The van der Waals surface area contributed by atoms with Crippen molar-refractivity contribution in [1.29, 1.82) is 0 Å². The quantitative estimate of drug-likeness (QED) is 0.920. The van der Waals surface area contributed by atoms with Crippen LogP contribution in [0, 0.1) is 5.92 Å². The van der Waals surface area contributed by atoms with Crippen molar-refractivity contribution >= 4 is 17.5 Å². The summed E-state index contributed by atoms with van der Waals surface area (Å²) in [6, 6.07) is 15.9. The van der Waals surface area contributed by atoms with Crippen molar-refractivity contribution in [1.82, 2.24) is 5.32 Å². The molecule has 0 spiro atoms. The van der Waals surface area contributed by atoms with Crippen LogP contribution in [0.1, 0.15) is 16.7 Å². The molecule has 1 N–H and O–H groups in total. The molecule has 20 heavy (non-hydrogen) atoms. The molecule has 0 saturated heterocycles. The van der Waals surface area contributed by atoms with Gasteiger partial charge in [-0.2, -0.15) is 0 Å². The van der Waals surface area contributed by atoms with Crippen molar-refractivity contribution in [3.8, 4) is 0 Å². The number of hydrogen-bond acceptors (Lipinski definition) is 1. The molecule has 2 aromatic rings. The maximum absolute atomic E-state index is 12.2. The molecule has 0 saturated carbocycles. The van der Waals surface area contributed by atoms with E-state index in [1.165, 1.54) is 11.1 Å². The Morgan fingerprint density at radius 2 is 1.65 bits per heavy atom. The lowest BCUT2D eigenvalue weighted by Gasteiger charge is -2.11. The van der Waals surface area contributed by atoms with Gasteiger partial charge in [0, 0.05) is 17.5 Å². The van der Waals surface area contributed by atoms with Gasteiger partial charge in [0.05, 0.1) is 0 Å². The highest BCUT2D eigenvalue weighted by molar-refractivity contribution is 6.31. The number of hydrogen-bond donors (Lipinski definition) is 1. The van der Waals surface area contributed by atoms with E-state index in [1.807, 2.05) is 36.4 Å². The summed E-state index contributed by atoms with van der Waals surface area (Å²) < 4.78 is 0. The predicted molar refractivity (Wildman–Crippen MR) is 80.6 cm³/mol. The van der Waals surface area contributed by atoms with Gasteiger partial charge in [0.1, 0.15) is 0 Å². The summed E-state index contributed by atoms with van der Waals surface area (Å²) >= 11 is 6.09. The fourth-order valence-electron chi connectivity index (χ4n) is 2.71. The Morgan fingerprint density at radius 3 is 2.30 bits per heavy atom. The monoisotopic (exact) mass is 285 g/mol. The number of benzene rings is 2.